The van der Waals surface area contributed by atoms with Crippen molar-refractivity contribution in [1.29, 1.82) is 0 Å². The number of nitrogens with one attached hydrogen (secondary N) is 1. The molecule has 80 valence electrons. The van der Waals surface area contributed by atoms with Gasteiger partial charge in [-0.05, 0) is 70.6 Å². The van der Waals surface area contributed by atoms with E-state index in [0.29, 0.717) is 11.1 Å². The van der Waals surface area contributed by atoms with Crippen LogP contribution in [0, 0.1) is 17.8 Å². The minimum Gasteiger partial charge on any atom is -0.306 e. The van der Waals surface area contributed by atoms with E-state index in [2.05, 4.69) is 26.1 Å². The third-order valence-corrected chi connectivity index (χ3v) is 4.61. The molecule has 0 aliphatic heterocycles. The summed E-state index contributed by atoms with van der Waals surface area (Å²) in [5.74, 6) is 3.16. The van der Waals surface area contributed by atoms with Crippen molar-refractivity contribution < 1.29 is 0 Å². The van der Waals surface area contributed by atoms with E-state index in [1.807, 2.05) is 0 Å². The molecule has 0 aromatic heterocycles. The van der Waals surface area contributed by atoms with Gasteiger partial charge in [-0.3, -0.25) is 0 Å². The highest BCUT2D eigenvalue weighted by molar-refractivity contribution is 5.14. The van der Waals surface area contributed by atoms with Gasteiger partial charge in [0.25, 0.3) is 0 Å². The summed E-state index contributed by atoms with van der Waals surface area (Å²) in [5.41, 5.74) is 0.866. The monoisotopic (exact) mass is 193 g/mol. The largest absolute Gasteiger partial charge is 0.306 e. The van der Waals surface area contributed by atoms with Crippen molar-refractivity contribution in [2.75, 3.05) is 0 Å². The molecule has 14 heavy (non-hydrogen) atoms. The average Bonchev–Trinajstić information content (AvgIpc) is 2.30. The van der Waals surface area contributed by atoms with Crippen molar-refractivity contribution in [3.8, 4) is 0 Å². The smallest absolute Gasteiger partial charge is 0.0220 e. The molecule has 4 aliphatic rings. The summed E-state index contributed by atoms with van der Waals surface area (Å²) in [4.78, 5) is 0. The maximum Gasteiger partial charge on any atom is 0.0220 e. The van der Waals surface area contributed by atoms with Crippen molar-refractivity contribution in [2.45, 2.75) is 64.0 Å². The van der Waals surface area contributed by atoms with Crippen LogP contribution in [0.2, 0.25) is 0 Å². The minimum atomic E-state index is 0.305. The standard InChI is InChI=1S/C13H23N/c1-12(2,3)14-13-7-9-4-10(8-13)6-11(13)5-9/h9-11,14H,4-8H2,1-3H3. The van der Waals surface area contributed by atoms with E-state index >= 15 is 0 Å². The van der Waals surface area contributed by atoms with E-state index in [1.54, 1.807) is 6.42 Å². The fraction of sp³-hybridized carbons (Fsp3) is 1.00. The first-order valence-corrected chi connectivity index (χ1v) is 6.26. The summed E-state index contributed by atoms with van der Waals surface area (Å²) in [6.07, 6.45) is 7.56. The Kier molecular flexibility index (Phi) is 1.68. The van der Waals surface area contributed by atoms with Crippen LogP contribution in [-0.2, 0) is 0 Å². The molecule has 0 saturated heterocycles. The molecule has 0 aromatic rings. The fourth-order valence-corrected chi connectivity index (χ4v) is 4.75. The molecule has 4 aliphatic carbocycles. The SMILES string of the molecule is CC(C)(C)NC12CC3CC(CC1C3)C2. The van der Waals surface area contributed by atoms with Gasteiger partial charge >= 0.3 is 0 Å². The van der Waals surface area contributed by atoms with Gasteiger partial charge in [0, 0.05) is 11.1 Å². The lowest BCUT2D eigenvalue weighted by Crippen LogP contribution is -2.54. The Hall–Kier alpha value is -0.0400. The second-order valence-electron chi connectivity index (χ2n) is 7.08. The highest BCUT2D eigenvalue weighted by Gasteiger charge is 2.58. The van der Waals surface area contributed by atoms with Gasteiger partial charge in [0.05, 0.1) is 0 Å². The minimum absolute atomic E-state index is 0.305. The molecule has 1 heteroatoms. The van der Waals surface area contributed by atoms with Gasteiger partial charge in [-0.15, -0.1) is 0 Å². The summed E-state index contributed by atoms with van der Waals surface area (Å²) in [6.45, 7) is 6.96. The van der Waals surface area contributed by atoms with E-state index in [4.69, 9.17) is 0 Å². The van der Waals surface area contributed by atoms with Crippen molar-refractivity contribution in [1.82, 2.24) is 5.32 Å². The zero-order valence-electron chi connectivity index (χ0n) is 9.77. The van der Waals surface area contributed by atoms with Crippen LogP contribution < -0.4 is 5.32 Å². The molecule has 0 aromatic carbocycles. The lowest BCUT2D eigenvalue weighted by Gasteiger charge is -2.40. The van der Waals surface area contributed by atoms with Gasteiger partial charge in [-0.1, -0.05) is 0 Å². The predicted molar refractivity (Wildman–Crippen MR) is 59.2 cm³/mol. The Morgan fingerprint density at radius 3 is 2.07 bits per heavy atom. The van der Waals surface area contributed by atoms with Crippen LogP contribution in [0.3, 0.4) is 0 Å². The molecule has 4 bridgehead atoms. The van der Waals surface area contributed by atoms with E-state index in [-0.39, 0.29) is 0 Å². The molecule has 1 N–H and O–H groups in total. The topological polar surface area (TPSA) is 12.0 Å². The summed E-state index contributed by atoms with van der Waals surface area (Å²) >= 11 is 0. The van der Waals surface area contributed by atoms with E-state index in [1.165, 1.54) is 25.7 Å². The van der Waals surface area contributed by atoms with E-state index in [0.717, 1.165) is 17.8 Å². The highest BCUT2D eigenvalue weighted by atomic mass is 15.1. The maximum absolute atomic E-state index is 3.95. The molecule has 4 rings (SSSR count). The Bertz CT molecular complexity index is 236. The summed E-state index contributed by atoms with van der Waals surface area (Å²) in [7, 11) is 0. The third kappa shape index (κ3) is 1.25. The van der Waals surface area contributed by atoms with Crippen LogP contribution in [0.25, 0.3) is 0 Å². The summed E-state index contributed by atoms with van der Waals surface area (Å²) < 4.78 is 0. The molecular formula is C13H23N. The van der Waals surface area contributed by atoms with Crippen molar-refractivity contribution >= 4 is 0 Å². The Labute approximate surface area is 87.7 Å². The molecule has 2 atom stereocenters. The zero-order chi connectivity index (χ0) is 9.97. The van der Waals surface area contributed by atoms with Gasteiger partial charge < -0.3 is 5.32 Å². The predicted octanol–water partition coefficient (Wildman–Crippen LogP) is 2.95. The van der Waals surface area contributed by atoms with Crippen molar-refractivity contribution in [3.05, 3.63) is 0 Å². The first-order valence-electron chi connectivity index (χ1n) is 6.26. The Morgan fingerprint density at radius 2 is 1.57 bits per heavy atom. The van der Waals surface area contributed by atoms with Gasteiger partial charge in [0.15, 0.2) is 0 Å². The normalized spacial score (nSPS) is 50.4. The first-order chi connectivity index (χ1) is 6.47. The van der Waals surface area contributed by atoms with Crippen molar-refractivity contribution in [3.63, 3.8) is 0 Å². The van der Waals surface area contributed by atoms with E-state index < -0.39 is 0 Å². The Morgan fingerprint density at radius 1 is 1.00 bits per heavy atom. The van der Waals surface area contributed by atoms with Gasteiger partial charge in [0.2, 0.25) is 0 Å². The lowest BCUT2D eigenvalue weighted by molar-refractivity contribution is 0.188. The number of hydrogen-bond acceptors (Lipinski definition) is 1. The third-order valence-electron chi connectivity index (χ3n) is 4.61. The molecule has 4 fully saturated rings. The summed E-state index contributed by atoms with van der Waals surface area (Å²) in [5, 5.41) is 3.95. The van der Waals surface area contributed by atoms with Crippen LogP contribution in [0.1, 0.15) is 52.9 Å². The Balaban J connectivity index is 1.84. The highest BCUT2D eigenvalue weighted by Crippen LogP contribution is 2.60. The fourth-order valence-electron chi connectivity index (χ4n) is 4.75. The van der Waals surface area contributed by atoms with Crippen LogP contribution in [0.4, 0.5) is 0 Å². The van der Waals surface area contributed by atoms with Crippen LogP contribution in [0.5, 0.6) is 0 Å². The quantitative estimate of drug-likeness (QED) is 0.675. The number of hydrogen-bond donors (Lipinski definition) is 1. The van der Waals surface area contributed by atoms with Gasteiger partial charge in [0.1, 0.15) is 0 Å². The molecule has 4 saturated carbocycles. The van der Waals surface area contributed by atoms with Crippen LogP contribution in [-0.4, -0.2) is 11.1 Å². The molecule has 0 spiro atoms. The molecule has 1 nitrogen and oxygen atoms in total. The molecule has 2 unspecified atom stereocenters. The van der Waals surface area contributed by atoms with Crippen LogP contribution in [0.15, 0.2) is 0 Å². The molecule has 0 amide bonds. The molecular weight excluding hydrogens is 170 g/mol. The number of rotatable bonds is 1. The molecule has 0 radical (unpaired) electrons. The average molecular weight is 193 g/mol. The molecule has 0 heterocycles. The summed E-state index contributed by atoms with van der Waals surface area (Å²) in [6, 6.07) is 0. The van der Waals surface area contributed by atoms with Crippen molar-refractivity contribution in [2.24, 2.45) is 17.8 Å². The second kappa shape index (κ2) is 2.55. The van der Waals surface area contributed by atoms with Gasteiger partial charge in [-0.2, -0.15) is 0 Å². The lowest BCUT2D eigenvalue weighted by atomic mass is 9.80. The first kappa shape index (κ1) is 9.21. The zero-order valence-corrected chi connectivity index (χ0v) is 9.77. The second-order valence-corrected chi connectivity index (χ2v) is 7.08. The van der Waals surface area contributed by atoms with Crippen LogP contribution >= 0.6 is 0 Å². The van der Waals surface area contributed by atoms with E-state index in [9.17, 15) is 0 Å². The van der Waals surface area contributed by atoms with Gasteiger partial charge in [-0.25, -0.2) is 0 Å². The maximum atomic E-state index is 3.95.